The molecule has 0 saturated heterocycles. The van der Waals surface area contributed by atoms with Crippen molar-refractivity contribution in [1.82, 2.24) is 0 Å². The summed E-state index contributed by atoms with van der Waals surface area (Å²) in [6.45, 7) is 21.7. The van der Waals surface area contributed by atoms with E-state index in [-0.39, 0.29) is 0 Å². The molecule has 0 nitrogen and oxygen atoms in total. The molecule has 2 rings (SSSR count). The molecule has 0 heterocycles. The monoisotopic (exact) mass is 426 g/mol. The molecule has 0 N–H and O–H groups in total. The smallest absolute Gasteiger partial charge is 0.00922 e. The fraction of sp³-hybridized carbons (Fsp3) is 0.375. The Balaban J connectivity index is 2.00. The number of hydrogen-bond acceptors (Lipinski definition) is 0. The van der Waals surface area contributed by atoms with Gasteiger partial charge in [0.1, 0.15) is 0 Å². The van der Waals surface area contributed by atoms with E-state index in [1.165, 1.54) is 51.0 Å². The number of benzene rings is 2. The molecule has 0 bridgehead atoms. The topological polar surface area (TPSA) is 0 Å². The second-order valence-electron chi connectivity index (χ2n) is 9.61. The van der Waals surface area contributed by atoms with Crippen LogP contribution in [0.5, 0.6) is 0 Å². The zero-order valence-electron chi connectivity index (χ0n) is 21.2. The fourth-order valence-corrected chi connectivity index (χ4v) is 3.87. The van der Waals surface area contributed by atoms with Crippen LogP contribution in [-0.4, -0.2) is 0 Å². The van der Waals surface area contributed by atoms with E-state index in [2.05, 4.69) is 109 Å². The van der Waals surface area contributed by atoms with Gasteiger partial charge in [-0.15, -0.1) is 0 Å². The minimum absolute atomic E-state index is 0.739. The van der Waals surface area contributed by atoms with E-state index in [1.54, 1.807) is 0 Å². The third kappa shape index (κ3) is 7.83. The summed E-state index contributed by atoms with van der Waals surface area (Å²) >= 11 is 0. The van der Waals surface area contributed by atoms with Crippen LogP contribution in [0.15, 0.2) is 73.3 Å². The molecule has 0 fully saturated rings. The summed E-state index contributed by atoms with van der Waals surface area (Å²) in [4.78, 5) is 0. The summed E-state index contributed by atoms with van der Waals surface area (Å²) < 4.78 is 0. The highest BCUT2D eigenvalue weighted by Crippen LogP contribution is 2.26. The molecule has 0 saturated carbocycles. The predicted molar refractivity (Wildman–Crippen MR) is 146 cm³/mol. The van der Waals surface area contributed by atoms with E-state index in [4.69, 9.17) is 0 Å². The van der Waals surface area contributed by atoms with Crippen LogP contribution in [-0.2, 0) is 6.42 Å². The van der Waals surface area contributed by atoms with Crippen LogP contribution >= 0.6 is 0 Å². The molecule has 0 aliphatic heterocycles. The lowest BCUT2D eigenvalue weighted by Gasteiger charge is -2.13. The molecular weight excluding hydrogens is 384 g/mol. The SMILES string of the molecule is C=C(C)c1cccc(C(=C)CC/C(C)=C/C/C(=C\C)c2ccc(C)c(CCC(C)C)c2)c1. The van der Waals surface area contributed by atoms with Crippen LogP contribution in [0.1, 0.15) is 88.1 Å². The van der Waals surface area contributed by atoms with Crippen LogP contribution in [0.3, 0.4) is 0 Å². The quantitative estimate of drug-likeness (QED) is 0.314. The molecule has 0 aromatic heterocycles. The molecule has 0 radical (unpaired) electrons. The number of rotatable bonds is 11. The van der Waals surface area contributed by atoms with Crippen molar-refractivity contribution in [3.05, 3.63) is 101 Å². The Kier molecular flexibility index (Phi) is 9.97. The standard InChI is InChI=1S/C32H42/c1-9-28(32-20-17-27(8)31(22-32)18-13-23(2)3)19-15-25(6)14-16-26(7)30-12-10-11-29(21-30)24(4)5/h9-12,15,17,20-23H,4,7,13-14,16,18-19H2,1-3,5-6,8H3/b25-15+,28-9+. The van der Waals surface area contributed by atoms with E-state index < -0.39 is 0 Å². The zero-order chi connectivity index (χ0) is 23.7. The minimum Gasteiger partial charge on any atom is -0.0955 e. The third-order valence-electron chi connectivity index (χ3n) is 6.31. The molecular formula is C32H42. The van der Waals surface area contributed by atoms with Gasteiger partial charge in [-0.3, -0.25) is 0 Å². The Hall–Kier alpha value is -2.60. The van der Waals surface area contributed by atoms with Crippen molar-refractivity contribution in [2.45, 2.75) is 73.6 Å². The van der Waals surface area contributed by atoms with Crippen molar-refractivity contribution in [2.24, 2.45) is 5.92 Å². The highest BCUT2D eigenvalue weighted by Gasteiger charge is 2.06. The van der Waals surface area contributed by atoms with Crippen molar-refractivity contribution in [2.75, 3.05) is 0 Å². The van der Waals surface area contributed by atoms with Gasteiger partial charge in [0.25, 0.3) is 0 Å². The molecule has 170 valence electrons. The average Bonchev–Trinajstić information content (AvgIpc) is 2.77. The maximum atomic E-state index is 4.34. The first kappa shape index (κ1) is 25.7. The van der Waals surface area contributed by atoms with Gasteiger partial charge >= 0.3 is 0 Å². The lowest BCUT2D eigenvalue weighted by molar-refractivity contribution is 0.585. The lowest BCUT2D eigenvalue weighted by atomic mass is 9.93. The lowest BCUT2D eigenvalue weighted by Crippen LogP contribution is -1.96. The average molecular weight is 427 g/mol. The Bertz CT molecular complexity index is 994. The number of aryl methyl sites for hydroxylation is 2. The maximum absolute atomic E-state index is 4.34. The van der Waals surface area contributed by atoms with Gasteiger partial charge in [0, 0.05) is 0 Å². The Morgan fingerprint density at radius 2 is 1.66 bits per heavy atom. The van der Waals surface area contributed by atoms with Crippen LogP contribution in [0.4, 0.5) is 0 Å². The highest BCUT2D eigenvalue weighted by molar-refractivity contribution is 5.70. The van der Waals surface area contributed by atoms with Gasteiger partial charge < -0.3 is 0 Å². The molecule has 0 atom stereocenters. The minimum atomic E-state index is 0.739. The predicted octanol–water partition coefficient (Wildman–Crippen LogP) is 9.85. The van der Waals surface area contributed by atoms with Crippen molar-refractivity contribution in [3.63, 3.8) is 0 Å². The zero-order valence-corrected chi connectivity index (χ0v) is 21.2. The molecule has 0 heteroatoms. The van der Waals surface area contributed by atoms with Crippen molar-refractivity contribution in [1.29, 1.82) is 0 Å². The summed E-state index contributed by atoms with van der Waals surface area (Å²) in [6, 6.07) is 15.5. The van der Waals surface area contributed by atoms with Crippen molar-refractivity contribution >= 4 is 16.7 Å². The first-order chi connectivity index (χ1) is 15.2. The highest BCUT2D eigenvalue weighted by atomic mass is 14.1. The summed E-state index contributed by atoms with van der Waals surface area (Å²) in [6.07, 6.45) is 10.1. The molecule has 0 unspecified atom stereocenters. The molecule has 0 spiro atoms. The second-order valence-corrected chi connectivity index (χ2v) is 9.61. The van der Waals surface area contributed by atoms with E-state index in [0.717, 1.165) is 37.2 Å². The Morgan fingerprint density at radius 3 is 2.31 bits per heavy atom. The van der Waals surface area contributed by atoms with Crippen LogP contribution in [0, 0.1) is 12.8 Å². The number of allylic oxidation sites excluding steroid dienone is 6. The van der Waals surface area contributed by atoms with Gasteiger partial charge in [0.15, 0.2) is 0 Å². The maximum Gasteiger partial charge on any atom is -0.00922 e. The molecule has 0 aliphatic rings. The van der Waals surface area contributed by atoms with Gasteiger partial charge in [-0.05, 0) is 111 Å². The van der Waals surface area contributed by atoms with Gasteiger partial charge in [0.05, 0.1) is 0 Å². The van der Waals surface area contributed by atoms with Crippen LogP contribution in [0.2, 0.25) is 0 Å². The fourth-order valence-electron chi connectivity index (χ4n) is 3.87. The van der Waals surface area contributed by atoms with Gasteiger partial charge in [-0.2, -0.15) is 0 Å². The Labute approximate surface area is 197 Å². The molecule has 0 aliphatic carbocycles. The summed E-state index contributed by atoms with van der Waals surface area (Å²) in [5, 5.41) is 0. The largest absolute Gasteiger partial charge is 0.0955 e. The van der Waals surface area contributed by atoms with E-state index in [9.17, 15) is 0 Å². The van der Waals surface area contributed by atoms with E-state index >= 15 is 0 Å². The molecule has 32 heavy (non-hydrogen) atoms. The van der Waals surface area contributed by atoms with Gasteiger partial charge in [-0.25, -0.2) is 0 Å². The van der Waals surface area contributed by atoms with E-state index in [0.29, 0.717) is 0 Å². The number of hydrogen-bond donors (Lipinski definition) is 0. The van der Waals surface area contributed by atoms with Crippen LogP contribution in [0.25, 0.3) is 16.7 Å². The Morgan fingerprint density at radius 1 is 0.938 bits per heavy atom. The summed E-state index contributed by atoms with van der Waals surface area (Å²) in [7, 11) is 0. The van der Waals surface area contributed by atoms with E-state index in [1.807, 2.05) is 0 Å². The van der Waals surface area contributed by atoms with Crippen molar-refractivity contribution in [3.8, 4) is 0 Å². The first-order valence-electron chi connectivity index (χ1n) is 12.1. The normalized spacial score (nSPS) is 12.3. The summed E-state index contributed by atoms with van der Waals surface area (Å²) in [5.41, 5.74) is 11.8. The molecule has 2 aromatic rings. The van der Waals surface area contributed by atoms with Gasteiger partial charge in [-0.1, -0.05) is 86.7 Å². The van der Waals surface area contributed by atoms with Crippen molar-refractivity contribution < 1.29 is 0 Å². The first-order valence-corrected chi connectivity index (χ1v) is 12.1. The summed E-state index contributed by atoms with van der Waals surface area (Å²) in [5.74, 6) is 0.739. The second kappa shape index (κ2) is 12.4. The van der Waals surface area contributed by atoms with Crippen LogP contribution < -0.4 is 0 Å². The van der Waals surface area contributed by atoms with Gasteiger partial charge in [0.2, 0.25) is 0 Å². The molecule has 2 aromatic carbocycles. The third-order valence-corrected chi connectivity index (χ3v) is 6.31. The molecule has 0 amide bonds.